The summed E-state index contributed by atoms with van der Waals surface area (Å²) in [5, 5.41) is 1.08. The largest absolute Gasteiger partial charge is 0.382 e. The summed E-state index contributed by atoms with van der Waals surface area (Å²) in [5.41, 5.74) is 12.7. The van der Waals surface area contributed by atoms with E-state index in [0.717, 1.165) is 54.0 Å². The molecule has 3 aromatic rings. The molecule has 0 radical (unpaired) electrons. The Morgan fingerprint density at radius 1 is 1.07 bits per heavy atom. The minimum atomic E-state index is -0.0428. The number of hydrogen-bond donors (Lipinski definition) is 1. The maximum Gasteiger partial charge on any atom is 0.147 e. The normalized spacial score (nSPS) is 14.5. The average Bonchev–Trinajstić information content (AvgIpc) is 2.72. The van der Waals surface area contributed by atoms with Crippen LogP contribution in [0.3, 0.4) is 0 Å². The van der Waals surface area contributed by atoms with Crippen LogP contribution in [0.1, 0.15) is 31.9 Å². The number of benzene rings is 2. The Morgan fingerprint density at radius 2 is 1.83 bits per heavy atom. The van der Waals surface area contributed by atoms with Gasteiger partial charge in [-0.3, -0.25) is 0 Å². The molecule has 1 fully saturated rings. The molecule has 30 heavy (non-hydrogen) atoms. The van der Waals surface area contributed by atoms with E-state index in [4.69, 9.17) is 10.5 Å². The molecule has 4 nitrogen and oxygen atoms in total. The first-order valence-electron chi connectivity index (χ1n) is 10.5. The highest BCUT2D eigenvalue weighted by Crippen LogP contribution is 2.33. The highest BCUT2D eigenvalue weighted by atomic mass is 16.5. The van der Waals surface area contributed by atoms with E-state index in [0.29, 0.717) is 5.82 Å². The van der Waals surface area contributed by atoms with Crippen molar-refractivity contribution in [2.24, 2.45) is 5.41 Å². The Hall–Kier alpha value is -3.03. The van der Waals surface area contributed by atoms with Gasteiger partial charge in [-0.2, -0.15) is 0 Å². The van der Waals surface area contributed by atoms with Crippen molar-refractivity contribution in [3.63, 3.8) is 0 Å². The van der Waals surface area contributed by atoms with Gasteiger partial charge in [-0.1, -0.05) is 30.0 Å². The number of rotatable bonds is 2. The molecule has 0 bridgehead atoms. The lowest BCUT2D eigenvalue weighted by atomic mass is 9.92. The molecule has 1 aliphatic rings. The van der Waals surface area contributed by atoms with Gasteiger partial charge in [0.15, 0.2) is 0 Å². The van der Waals surface area contributed by atoms with E-state index in [1.54, 1.807) is 0 Å². The number of nitrogens with zero attached hydrogens (tertiary/aromatic N) is 2. The Morgan fingerprint density at radius 3 is 2.57 bits per heavy atom. The van der Waals surface area contributed by atoms with Gasteiger partial charge >= 0.3 is 0 Å². The minimum absolute atomic E-state index is 0.0428. The van der Waals surface area contributed by atoms with Gasteiger partial charge in [-0.25, -0.2) is 4.98 Å². The summed E-state index contributed by atoms with van der Waals surface area (Å²) in [4.78, 5) is 6.92. The fourth-order valence-electron chi connectivity index (χ4n) is 3.80. The van der Waals surface area contributed by atoms with Crippen LogP contribution in [0.25, 0.3) is 22.0 Å². The molecule has 0 unspecified atom stereocenters. The third-order valence-corrected chi connectivity index (χ3v) is 5.31. The highest BCUT2D eigenvalue weighted by molar-refractivity contribution is 5.91. The number of aryl methyl sites for hydroxylation is 1. The molecular formula is C26H29N3O. The zero-order chi connectivity index (χ0) is 21.3. The lowest BCUT2D eigenvalue weighted by molar-refractivity contribution is 0.123. The molecule has 0 amide bonds. The van der Waals surface area contributed by atoms with Gasteiger partial charge in [0.05, 0.1) is 24.4 Å². The molecule has 1 aromatic heterocycles. The van der Waals surface area contributed by atoms with Crippen molar-refractivity contribution in [3.8, 4) is 23.0 Å². The van der Waals surface area contributed by atoms with Crippen molar-refractivity contribution >= 4 is 22.4 Å². The van der Waals surface area contributed by atoms with Crippen LogP contribution in [-0.4, -0.2) is 31.3 Å². The second-order valence-corrected chi connectivity index (χ2v) is 8.90. The van der Waals surface area contributed by atoms with Crippen LogP contribution in [-0.2, 0) is 4.74 Å². The third-order valence-electron chi connectivity index (χ3n) is 5.31. The number of ether oxygens (including phenoxy) is 1. The number of aromatic nitrogens is 1. The van der Waals surface area contributed by atoms with Crippen LogP contribution in [0.15, 0.2) is 42.5 Å². The van der Waals surface area contributed by atoms with E-state index in [1.807, 2.05) is 0 Å². The molecule has 4 rings (SSSR count). The minimum Gasteiger partial charge on any atom is -0.382 e. The molecule has 0 saturated carbocycles. The maximum absolute atomic E-state index is 6.28. The molecule has 4 heteroatoms. The second kappa shape index (κ2) is 8.01. The van der Waals surface area contributed by atoms with Gasteiger partial charge in [0.1, 0.15) is 5.82 Å². The first-order chi connectivity index (χ1) is 14.3. The number of nitrogen functional groups attached to an aromatic ring is 1. The van der Waals surface area contributed by atoms with Gasteiger partial charge in [-0.05, 0) is 63.1 Å². The van der Waals surface area contributed by atoms with Gasteiger partial charge < -0.3 is 15.4 Å². The fourth-order valence-corrected chi connectivity index (χ4v) is 3.80. The lowest BCUT2D eigenvalue weighted by Crippen LogP contribution is -2.36. The molecule has 1 aliphatic heterocycles. The average molecular weight is 400 g/mol. The van der Waals surface area contributed by atoms with Crippen molar-refractivity contribution in [3.05, 3.63) is 53.6 Å². The fraction of sp³-hybridized carbons (Fsp3) is 0.346. The number of morpholine rings is 1. The van der Waals surface area contributed by atoms with E-state index < -0.39 is 0 Å². The van der Waals surface area contributed by atoms with Crippen LogP contribution in [0, 0.1) is 24.2 Å². The summed E-state index contributed by atoms with van der Waals surface area (Å²) in [6.07, 6.45) is 0. The Kier molecular flexibility index (Phi) is 5.40. The van der Waals surface area contributed by atoms with E-state index in [2.05, 4.69) is 91.9 Å². The molecular weight excluding hydrogens is 370 g/mol. The summed E-state index contributed by atoms with van der Waals surface area (Å²) in [6.45, 7) is 11.6. The Bertz CT molecular complexity index is 1140. The number of fused-ring (bicyclic) bond motifs is 1. The summed E-state index contributed by atoms with van der Waals surface area (Å²) < 4.78 is 5.48. The van der Waals surface area contributed by atoms with Gasteiger partial charge in [-0.15, -0.1) is 0 Å². The SMILES string of the molecule is Cc1cccc(C#CC(C)(C)C)c1-c1ccc2nc(N)c(N3CCOCC3)cc2c1. The van der Waals surface area contributed by atoms with Crippen molar-refractivity contribution in [1.29, 1.82) is 0 Å². The number of hydrogen-bond acceptors (Lipinski definition) is 4. The lowest BCUT2D eigenvalue weighted by Gasteiger charge is -2.29. The molecule has 154 valence electrons. The van der Waals surface area contributed by atoms with Crippen LogP contribution in [0.4, 0.5) is 11.5 Å². The van der Waals surface area contributed by atoms with Crippen LogP contribution in [0.2, 0.25) is 0 Å². The molecule has 0 spiro atoms. The van der Waals surface area contributed by atoms with Crippen LogP contribution < -0.4 is 10.6 Å². The predicted octanol–water partition coefficient (Wildman–Crippen LogP) is 5.03. The van der Waals surface area contributed by atoms with Gasteiger partial charge in [0.25, 0.3) is 0 Å². The Balaban J connectivity index is 1.82. The van der Waals surface area contributed by atoms with Crippen molar-refractivity contribution in [1.82, 2.24) is 4.98 Å². The summed E-state index contributed by atoms with van der Waals surface area (Å²) in [6, 6.07) is 14.9. The van der Waals surface area contributed by atoms with E-state index in [9.17, 15) is 0 Å². The van der Waals surface area contributed by atoms with Crippen LogP contribution in [0.5, 0.6) is 0 Å². The molecule has 2 aromatic carbocycles. The van der Waals surface area contributed by atoms with E-state index in [1.165, 1.54) is 11.1 Å². The van der Waals surface area contributed by atoms with Crippen molar-refractivity contribution in [2.75, 3.05) is 36.9 Å². The predicted molar refractivity (Wildman–Crippen MR) is 126 cm³/mol. The smallest absolute Gasteiger partial charge is 0.147 e. The molecule has 1 saturated heterocycles. The topological polar surface area (TPSA) is 51.4 Å². The van der Waals surface area contributed by atoms with Gasteiger partial charge in [0, 0.05) is 35.0 Å². The van der Waals surface area contributed by atoms with Gasteiger partial charge in [0.2, 0.25) is 0 Å². The zero-order valence-electron chi connectivity index (χ0n) is 18.2. The van der Waals surface area contributed by atoms with Crippen LogP contribution >= 0.6 is 0 Å². The second-order valence-electron chi connectivity index (χ2n) is 8.90. The number of nitrogens with two attached hydrogens (primary N) is 1. The monoisotopic (exact) mass is 399 g/mol. The first kappa shape index (κ1) is 20.3. The van der Waals surface area contributed by atoms with Crippen molar-refractivity contribution in [2.45, 2.75) is 27.7 Å². The molecule has 0 atom stereocenters. The summed E-state index contributed by atoms with van der Waals surface area (Å²) in [7, 11) is 0. The standard InChI is InChI=1S/C26H29N3O/c1-18-6-5-7-19(10-11-26(2,3)4)24(18)20-8-9-22-21(16-20)17-23(25(27)28-22)29-12-14-30-15-13-29/h5-9,16-17H,12-15H2,1-4H3,(H2,27,28). The Labute approximate surface area is 179 Å². The number of pyridine rings is 1. The molecule has 0 aliphatic carbocycles. The van der Waals surface area contributed by atoms with Crippen molar-refractivity contribution < 1.29 is 4.74 Å². The molecule has 2 heterocycles. The quantitative estimate of drug-likeness (QED) is 0.614. The molecule has 2 N–H and O–H groups in total. The van der Waals surface area contributed by atoms with E-state index in [-0.39, 0.29) is 5.41 Å². The van der Waals surface area contributed by atoms with E-state index >= 15 is 0 Å². The third kappa shape index (κ3) is 4.27. The summed E-state index contributed by atoms with van der Waals surface area (Å²) in [5.74, 6) is 7.35. The summed E-state index contributed by atoms with van der Waals surface area (Å²) >= 11 is 0. The number of anilines is 2. The highest BCUT2D eigenvalue weighted by Gasteiger charge is 2.16. The first-order valence-corrected chi connectivity index (χ1v) is 10.5. The zero-order valence-corrected chi connectivity index (χ0v) is 18.2. The maximum atomic E-state index is 6.28.